The molecule has 0 aliphatic carbocycles. The number of amides is 1. The van der Waals surface area contributed by atoms with Gasteiger partial charge in [-0.05, 0) is 29.8 Å². The number of carbonyl (C=O) groups excluding carboxylic acids is 1. The van der Waals surface area contributed by atoms with E-state index in [1.165, 1.54) is 22.2 Å². The summed E-state index contributed by atoms with van der Waals surface area (Å²) >= 11 is 0. The lowest BCUT2D eigenvalue weighted by Gasteiger charge is -2.34. The highest BCUT2D eigenvalue weighted by Crippen LogP contribution is 2.31. The van der Waals surface area contributed by atoms with Gasteiger partial charge in [-0.1, -0.05) is 19.6 Å². The molecule has 2 aromatic heterocycles. The van der Waals surface area contributed by atoms with Crippen LogP contribution in [0.2, 0.25) is 0 Å². The van der Waals surface area contributed by atoms with Gasteiger partial charge in [0.1, 0.15) is 0 Å². The molecule has 1 aromatic carbocycles. The molecule has 5 rings (SSSR count). The summed E-state index contributed by atoms with van der Waals surface area (Å²) in [5.74, 6) is 0.178. The van der Waals surface area contributed by atoms with Gasteiger partial charge in [-0.3, -0.25) is 14.7 Å². The second-order valence-corrected chi connectivity index (χ2v) is 8.01. The second kappa shape index (κ2) is 8.58. The first-order chi connectivity index (χ1) is 14.2. The number of hydrogen-bond acceptors (Lipinski definition) is 4. The first-order valence-corrected chi connectivity index (χ1v) is 10.4. The zero-order valence-corrected chi connectivity index (χ0v) is 16.9. The molecule has 1 saturated heterocycles. The molecule has 2 aliphatic rings. The molecule has 0 radical (unpaired) electrons. The van der Waals surface area contributed by atoms with Crippen molar-refractivity contribution in [1.82, 2.24) is 19.8 Å². The Hall–Kier alpha value is -2.70. The number of benzene rings is 1. The van der Waals surface area contributed by atoms with Gasteiger partial charge in [0.2, 0.25) is 5.91 Å². The van der Waals surface area contributed by atoms with Crippen molar-refractivity contribution in [2.45, 2.75) is 26.8 Å². The average molecular weight is 406 g/mol. The van der Waals surface area contributed by atoms with Crippen LogP contribution in [0, 0.1) is 0 Å². The fraction of sp³-hybridized carbons (Fsp3) is 0.417. The predicted molar refractivity (Wildman–Crippen MR) is 122 cm³/mol. The predicted octanol–water partition coefficient (Wildman–Crippen LogP) is 2.75. The van der Waals surface area contributed by atoms with E-state index in [9.17, 15) is 4.79 Å². The quantitative estimate of drug-likeness (QED) is 0.725. The smallest absolute Gasteiger partial charge is 0.241 e. The number of pyridine rings is 1. The lowest BCUT2D eigenvalue weighted by Crippen LogP contribution is -2.50. The molecule has 2 aliphatic heterocycles. The highest BCUT2D eigenvalue weighted by Gasteiger charge is 2.26. The van der Waals surface area contributed by atoms with Gasteiger partial charge in [0.05, 0.1) is 12.1 Å². The van der Waals surface area contributed by atoms with E-state index >= 15 is 0 Å². The largest absolute Gasteiger partial charge is 0.347 e. The van der Waals surface area contributed by atoms with Crippen LogP contribution in [0.5, 0.6) is 0 Å². The number of hydrogen-bond donors (Lipinski definition) is 1. The molecule has 0 bridgehead atoms. The van der Waals surface area contributed by atoms with Crippen LogP contribution < -0.4 is 10.2 Å². The maximum atomic E-state index is 12.9. The molecule has 0 saturated carbocycles. The van der Waals surface area contributed by atoms with Crippen LogP contribution in [-0.4, -0.2) is 53.1 Å². The average Bonchev–Trinajstić information content (AvgIpc) is 3.05. The highest BCUT2D eigenvalue weighted by atomic mass is 16.2. The lowest BCUT2D eigenvalue weighted by atomic mass is 10.1. The topological polar surface area (TPSA) is 53.4 Å². The van der Waals surface area contributed by atoms with E-state index < -0.39 is 0 Å². The fourth-order valence-corrected chi connectivity index (χ4v) is 4.66. The molecule has 1 N–H and O–H groups in total. The third-order valence-corrected chi connectivity index (χ3v) is 6.28. The van der Waals surface area contributed by atoms with E-state index in [1.54, 1.807) is 0 Å². The summed E-state index contributed by atoms with van der Waals surface area (Å²) in [7, 11) is 2.15. The molecule has 6 heteroatoms. The Kier molecular flexibility index (Phi) is 5.88. The van der Waals surface area contributed by atoms with Crippen LogP contribution in [0.4, 0.5) is 5.69 Å². The first-order valence-electron chi connectivity index (χ1n) is 10.4. The SMILES string of the molecule is C.Cn1c2c(c3ccc(N4CCN(CCc5ccccn5)CC4=O)cc31)CNCC2. The summed E-state index contributed by atoms with van der Waals surface area (Å²) < 4.78 is 2.31. The van der Waals surface area contributed by atoms with Crippen LogP contribution in [0.25, 0.3) is 10.9 Å². The van der Waals surface area contributed by atoms with Gasteiger partial charge in [-0.2, -0.15) is 0 Å². The summed E-state index contributed by atoms with van der Waals surface area (Å²) in [5, 5.41) is 4.78. The molecule has 6 nitrogen and oxygen atoms in total. The molecule has 0 atom stereocenters. The Morgan fingerprint density at radius 1 is 1.17 bits per heavy atom. The number of fused-ring (bicyclic) bond motifs is 3. The number of anilines is 1. The van der Waals surface area contributed by atoms with Crippen molar-refractivity contribution < 1.29 is 4.79 Å². The van der Waals surface area contributed by atoms with Gasteiger partial charge < -0.3 is 14.8 Å². The van der Waals surface area contributed by atoms with Crippen molar-refractivity contribution in [2.75, 3.05) is 37.6 Å². The van der Waals surface area contributed by atoms with E-state index in [0.717, 1.165) is 56.9 Å². The molecular formula is C24H31N5O. The van der Waals surface area contributed by atoms with Gasteiger partial charge in [0.25, 0.3) is 0 Å². The molecule has 0 spiro atoms. The standard InChI is InChI=1S/C23H27N5O.CH4/c1-26-21-7-10-24-15-20(21)19-6-5-18(14-22(19)26)28-13-12-27(16-23(28)29)11-8-17-4-2-3-9-25-17;/h2-6,9,14,24H,7-8,10-13,15-16H2,1H3;1H4. The summed E-state index contributed by atoms with van der Waals surface area (Å²) in [5.41, 5.74) is 6.14. The number of piperazine rings is 1. The summed E-state index contributed by atoms with van der Waals surface area (Å²) in [4.78, 5) is 21.4. The Labute approximate surface area is 178 Å². The number of aromatic nitrogens is 2. The zero-order valence-electron chi connectivity index (χ0n) is 16.9. The highest BCUT2D eigenvalue weighted by molar-refractivity contribution is 5.98. The normalized spacial score (nSPS) is 17.1. The molecule has 158 valence electrons. The maximum Gasteiger partial charge on any atom is 0.241 e. The van der Waals surface area contributed by atoms with Crippen LogP contribution in [0.1, 0.15) is 24.4 Å². The van der Waals surface area contributed by atoms with Crippen molar-refractivity contribution in [3.63, 3.8) is 0 Å². The third kappa shape index (κ3) is 3.73. The number of nitrogens with zero attached hydrogens (tertiary/aromatic N) is 4. The minimum atomic E-state index is 0. The van der Waals surface area contributed by atoms with Crippen LogP contribution in [0.15, 0.2) is 42.6 Å². The zero-order chi connectivity index (χ0) is 19.8. The molecule has 0 unspecified atom stereocenters. The van der Waals surface area contributed by atoms with Gasteiger partial charge >= 0.3 is 0 Å². The van der Waals surface area contributed by atoms with Crippen LogP contribution >= 0.6 is 0 Å². The van der Waals surface area contributed by atoms with E-state index in [1.807, 2.05) is 29.3 Å². The number of aryl methyl sites for hydroxylation is 1. The van der Waals surface area contributed by atoms with Gasteiger partial charge in [0.15, 0.2) is 0 Å². The maximum absolute atomic E-state index is 12.9. The summed E-state index contributed by atoms with van der Waals surface area (Å²) in [6.45, 7) is 4.93. The van der Waals surface area contributed by atoms with Crippen molar-refractivity contribution in [2.24, 2.45) is 7.05 Å². The first kappa shape index (κ1) is 20.6. The second-order valence-electron chi connectivity index (χ2n) is 8.01. The molecular weight excluding hydrogens is 374 g/mol. The van der Waals surface area contributed by atoms with E-state index in [2.05, 4.69) is 45.0 Å². The number of nitrogens with one attached hydrogen (secondary N) is 1. The minimum Gasteiger partial charge on any atom is -0.347 e. The Morgan fingerprint density at radius 3 is 2.87 bits per heavy atom. The Bertz CT molecular complexity index is 1040. The molecule has 1 amide bonds. The molecule has 4 heterocycles. The Balaban J connectivity index is 0.00000218. The van der Waals surface area contributed by atoms with Crippen molar-refractivity contribution in [3.05, 3.63) is 59.5 Å². The van der Waals surface area contributed by atoms with E-state index in [-0.39, 0.29) is 13.3 Å². The number of carbonyl (C=O) groups is 1. The van der Waals surface area contributed by atoms with Crippen molar-refractivity contribution >= 4 is 22.5 Å². The number of rotatable bonds is 4. The minimum absolute atomic E-state index is 0. The van der Waals surface area contributed by atoms with E-state index in [0.29, 0.717) is 6.54 Å². The summed E-state index contributed by atoms with van der Waals surface area (Å²) in [6.07, 6.45) is 3.76. The third-order valence-electron chi connectivity index (χ3n) is 6.28. The monoisotopic (exact) mass is 405 g/mol. The molecule has 1 fully saturated rings. The van der Waals surface area contributed by atoms with Crippen molar-refractivity contribution in [1.29, 1.82) is 0 Å². The van der Waals surface area contributed by atoms with Crippen molar-refractivity contribution in [3.8, 4) is 0 Å². The van der Waals surface area contributed by atoms with Crippen LogP contribution in [0.3, 0.4) is 0 Å². The fourth-order valence-electron chi connectivity index (χ4n) is 4.66. The summed E-state index contributed by atoms with van der Waals surface area (Å²) in [6, 6.07) is 12.5. The Morgan fingerprint density at radius 2 is 2.07 bits per heavy atom. The van der Waals surface area contributed by atoms with Gasteiger partial charge in [-0.15, -0.1) is 0 Å². The van der Waals surface area contributed by atoms with Crippen LogP contribution in [-0.2, 0) is 31.2 Å². The van der Waals surface area contributed by atoms with Gasteiger partial charge in [0, 0.05) is 81.3 Å². The molecule has 30 heavy (non-hydrogen) atoms. The van der Waals surface area contributed by atoms with E-state index in [4.69, 9.17) is 0 Å². The lowest BCUT2D eigenvalue weighted by molar-refractivity contribution is -0.121. The van der Waals surface area contributed by atoms with Gasteiger partial charge in [-0.25, -0.2) is 0 Å². The molecule has 3 aromatic rings.